The first-order valence-corrected chi connectivity index (χ1v) is 7.38. The Morgan fingerprint density at radius 3 is 2.55 bits per heavy atom. The van der Waals surface area contributed by atoms with Crippen molar-refractivity contribution >= 4 is 49.1 Å². The molecule has 2 N–H and O–H groups in total. The molecule has 0 aromatic heterocycles. The molecule has 0 unspecified atom stereocenters. The molecule has 0 radical (unpaired) electrons. The summed E-state index contributed by atoms with van der Waals surface area (Å²) < 4.78 is 15.1. The molecule has 2 aromatic rings. The third kappa shape index (κ3) is 4.05. The number of hydrogen-bond donors (Lipinski definition) is 2. The first-order valence-electron chi connectivity index (χ1n) is 5.79. The van der Waals surface area contributed by atoms with Crippen molar-refractivity contribution in [2.45, 2.75) is 0 Å². The van der Waals surface area contributed by atoms with E-state index >= 15 is 0 Å². The van der Waals surface area contributed by atoms with Crippen LogP contribution in [0.1, 0.15) is 0 Å². The lowest BCUT2D eigenvalue weighted by atomic mass is 10.3. The summed E-state index contributed by atoms with van der Waals surface area (Å²) >= 11 is 6.74. The highest BCUT2D eigenvalue weighted by Gasteiger charge is 2.07. The van der Waals surface area contributed by atoms with Gasteiger partial charge in [-0.05, 0) is 46.3 Å². The Balaban J connectivity index is 1.94. The SMILES string of the molecule is O=C(CNc1ccc(Br)cc1Br)Nc1ccccc1F. The van der Waals surface area contributed by atoms with Crippen LogP contribution in [-0.4, -0.2) is 12.5 Å². The van der Waals surface area contributed by atoms with E-state index in [0.717, 1.165) is 14.6 Å². The largest absolute Gasteiger partial charge is 0.375 e. The Bertz CT molecular complexity index is 634. The minimum Gasteiger partial charge on any atom is -0.375 e. The molecule has 2 rings (SSSR count). The van der Waals surface area contributed by atoms with Gasteiger partial charge in [0.25, 0.3) is 0 Å². The molecule has 104 valence electrons. The quantitative estimate of drug-likeness (QED) is 0.797. The average molecular weight is 402 g/mol. The molecule has 0 aliphatic heterocycles. The topological polar surface area (TPSA) is 41.1 Å². The lowest BCUT2D eigenvalue weighted by Gasteiger charge is -2.10. The molecule has 0 aliphatic rings. The maximum atomic E-state index is 13.4. The van der Waals surface area contributed by atoms with Gasteiger partial charge in [-0.2, -0.15) is 0 Å². The molecule has 0 fully saturated rings. The molecule has 0 saturated carbocycles. The molecular formula is C14H11Br2FN2O. The summed E-state index contributed by atoms with van der Waals surface area (Å²) in [6, 6.07) is 11.6. The number of para-hydroxylation sites is 1. The average Bonchev–Trinajstić information content (AvgIpc) is 2.40. The van der Waals surface area contributed by atoms with Crippen LogP contribution in [0.4, 0.5) is 15.8 Å². The highest BCUT2D eigenvalue weighted by Crippen LogP contribution is 2.25. The number of benzene rings is 2. The van der Waals surface area contributed by atoms with Crippen LogP contribution in [0.15, 0.2) is 51.4 Å². The van der Waals surface area contributed by atoms with Crippen molar-refractivity contribution < 1.29 is 9.18 Å². The van der Waals surface area contributed by atoms with Crippen LogP contribution in [0.2, 0.25) is 0 Å². The van der Waals surface area contributed by atoms with Gasteiger partial charge in [0.1, 0.15) is 5.82 Å². The monoisotopic (exact) mass is 400 g/mol. The molecule has 1 amide bonds. The van der Waals surface area contributed by atoms with E-state index < -0.39 is 5.82 Å². The Morgan fingerprint density at radius 1 is 1.10 bits per heavy atom. The lowest BCUT2D eigenvalue weighted by molar-refractivity contribution is -0.114. The molecule has 0 saturated heterocycles. The normalized spacial score (nSPS) is 10.2. The summed E-state index contributed by atoms with van der Waals surface area (Å²) in [5.41, 5.74) is 0.964. The Hall–Kier alpha value is -1.40. The molecule has 0 atom stereocenters. The molecule has 20 heavy (non-hydrogen) atoms. The van der Waals surface area contributed by atoms with Gasteiger partial charge in [0.05, 0.1) is 12.2 Å². The molecule has 0 heterocycles. The van der Waals surface area contributed by atoms with Crippen LogP contribution >= 0.6 is 31.9 Å². The number of nitrogens with one attached hydrogen (secondary N) is 2. The predicted octanol–water partition coefficient (Wildman–Crippen LogP) is 4.40. The van der Waals surface area contributed by atoms with Gasteiger partial charge in [-0.25, -0.2) is 4.39 Å². The molecule has 3 nitrogen and oxygen atoms in total. The highest BCUT2D eigenvalue weighted by molar-refractivity contribution is 9.11. The number of rotatable bonds is 4. The van der Waals surface area contributed by atoms with Crippen molar-refractivity contribution in [2.24, 2.45) is 0 Å². The van der Waals surface area contributed by atoms with Crippen LogP contribution in [0.3, 0.4) is 0 Å². The van der Waals surface area contributed by atoms with E-state index in [1.165, 1.54) is 12.1 Å². The minimum atomic E-state index is -0.453. The number of anilines is 2. The van der Waals surface area contributed by atoms with E-state index in [1.807, 2.05) is 18.2 Å². The van der Waals surface area contributed by atoms with Crippen LogP contribution in [0.25, 0.3) is 0 Å². The number of halogens is 3. The summed E-state index contributed by atoms with van der Waals surface area (Å²) in [6.45, 7) is 0.0502. The zero-order valence-electron chi connectivity index (χ0n) is 10.3. The second-order valence-electron chi connectivity index (χ2n) is 4.01. The van der Waals surface area contributed by atoms with Crippen LogP contribution in [0, 0.1) is 5.82 Å². The van der Waals surface area contributed by atoms with E-state index in [4.69, 9.17) is 0 Å². The fraction of sp³-hybridized carbons (Fsp3) is 0.0714. The molecule has 6 heteroatoms. The fourth-order valence-electron chi connectivity index (χ4n) is 1.57. The number of carbonyl (C=O) groups is 1. The van der Waals surface area contributed by atoms with E-state index in [2.05, 4.69) is 42.5 Å². The molecule has 0 spiro atoms. The van der Waals surface area contributed by atoms with Gasteiger partial charge in [0.15, 0.2) is 0 Å². The van der Waals surface area contributed by atoms with Crippen molar-refractivity contribution in [1.29, 1.82) is 0 Å². The first-order chi connectivity index (χ1) is 9.56. The number of carbonyl (C=O) groups excluding carboxylic acids is 1. The van der Waals surface area contributed by atoms with Gasteiger partial charge in [0, 0.05) is 14.6 Å². The number of amides is 1. The van der Waals surface area contributed by atoms with Crippen molar-refractivity contribution in [2.75, 3.05) is 17.2 Å². The molecule has 0 bridgehead atoms. The summed E-state index contributed by atoms with van der Waals surface area (Å²) in [4.78, 5) is 11.8. The van der Waals surface area contributed by atoms with Gasteiger partial charge in [-0.3, -0.25) is 4.79 Å². The highest BCUT2D eigenvalue weighted by atomic mass is 79.9. The molecule has 0 aliphatic carbocycles. The summed E-state index contributed by atoms with van der Waals surface area (Å²) in [7, 11) is 0. The van der Waals surface area contributed by atoms with E-state index in [-0.39, 0.29) is 18.1 Å². The smallest absolute Gasteiger partial charge is 0.243 e. The van der Waals surface area contributed by atoms with Gasteiger partial charge < -0.3 is 10.6 Å². The fourth-order valence-corrected chi connectivity index (χ4v) is 2.75. The van der Waals surface area contributed by atoms with E-state index in [1.54, 1.807) is 12.1 Å². The van der Waals surface area contributed by atoms with E-state index in [9.17, 15) is 9.18 Å². The Morgan fingerprint density at radius 2 is 1.85 bits per heavy atom. The van der Waals surface area contributed by atoms with Gasteiger partial charge in [-0.15, -0.1) is 0 Å². The van der Waals surface area contributed by atoms with E-state index in [0.29, 0.717) is 0 Å². The number of hydrogen-bond acceptors (Lipinski definition) is 2. The van der Waals surface area contributed by atoms with Crippen molar-refractivity contribution in [3.8, 4) is 0 Å². The van der Waals surface area contributed by atoms with Gasteiger partial charge >= 0.3 is 0 Å². The zero-order chi connectivity index (χ0) is 14.5. The Labute approximate surface area is 132 Å². The third-order valence-corrected chi connectivity index (χ3v) is 3.67. The van der Waals surface area contributed by atoms with Crippen molar-refractivity contribution in [3.05, 3.63) is 57.2 Å². The van der Waals surface area contributed by atoms with Crippen LogP contribution < -0.4 is 10.6 Å². The maximum absolute atomic E-state index is 13.4. The summed E-state index contributed by atoms with van der Waals surface area (Å²) in [6.07, 6.45) is 0. The zero-order valence-corrected chi connectivity index (χ0v) is 13.5. The van der Waals surface area contributed by atoms with Gasteiger partial charge in [-0.1, -0.05) is 28.1 Å². The van der Waals surface area contributed by atoms with Crippen molar-refractivity contribution in [1.82, 2.24) is 0 Å². The maximum Gasteiger partial charge on any atom is 0.243 e. The first kappa shape index (κ1) is 15.0. The van der Waals surface area contributed by atoms with Crippen LogP contribution in [-0.2, 0) is 4.79 Å². The minimum absolute atomic E-state index is 0.0502. The third-order valence-electron chi connectivity index (χ3n) is 2.52. The second kappa shape index (κ2) is 6.85. The summed E-state index contributed by atoms with van der Waals surface area (Å²) in [5, 5.41) is 5.49. The second-order valence-corrected chi connectivity index (χ2v) is 5.78. The molecule has 2 aromatic carbocycles. The van der Waals surface area contributed by atoms with Gasteiger partial charge in [0.2, 0.25) is 5.91 Å². The lowest BCUT2D eigenvalue weighted by Crippen LogP contribution is -2.22. The summed E-state index contributed by atoms with van der Waals surface area (Å²) in [5.74, 6) is -0.768. The van der Waals surface area contributed by atoms with Crippen LogP contribution in [0.5, 0.6) is 0 Å². The Kier molecular flexibility index (Phi) is 5.14. The molecular weight excluding hydrogens is 391 g/mol. The predicted molar refractivity (Wildman–Crippen MR) is 85.4 cm³/mol. The standard InChI is InChI=1S/C14H11Br2FN2O/c15-9-5-6-12(10(16)7-9)18-8-14(20)19-13-4-2-1-3-11(13)17/h1-7,18H,8H2,(H,19,20). The van der Waals surface area contributed by atoms with Crippen molar-refractivity contribution in [3.63, 3.8) is 0 Å².